The van der Waals surface area contributed by atoms with Gasteiger partial charge in [0.2, 0.25) is 5.91 Å². The van der Waals surface area contributed by atoms with E-state index in [9.17, 15) is 19.5 Å². The maximum absolute atomic E-state index is 12.5. The third-order valence-corrected chi connectivity index (χ3v) is 4.08. The number of carboxylic acids is 1. The number of piperidine rings is 1. The van der Waals surface area contributed by atoms with Crippen molar-refractivity contribution in [3.05, 3.63) is 0 Å². The standard InChI is InChI=1S/C13H21N3O4/c1-2-9-4-3-5-15(7-9)13(20)16-8-11(17)14-6-10(16)12(18)19/h9-10H,2-8H2,1H3,(H,14,17)(H,18,19). The van der Waals surface area contributed by atoms with Gasteiger partial charge in [-0.15, -0.1) is 0 Å². The molecule has 0 aromatic heterocycles. The second-order valence-electron chi connectivity index (χ2n) is 5.43. The van der Waals surface area contributed by atoms with E-state index < -0.39 is 12.0 Å². The number of nitrogens with one attached hydrogen (secondary N) is 1. The zero-order valence-electron chi connectivity index (χ0n) is 11.7. The number of carbonyl (C=O) groups is 3. The van der Waals surface area contributed by atoms with E-state index in [2.05, 4.69) is 12.2 Å². The number of nitrogens with zero attached hydrogens (tertiary/aromatic N) is 2. The van der Waals surface area contributed by atoms with E-state index in [1.54, 1.807) is 4.90 Å². The highest BCUT2D eigenvalue weighted by atomic mass is 16.4. The van der Waals surface area contributed by atoms with Crippen molar-refractivity contribution < 1.29 is 19.5 Å². The monoisotopic (exact) mass is 283 g/mol. The molecule has 0 aromatic rings. The molecule has 2 aliphatic rings. The summed E-state index contributed by atoms with van der Waals surface area (Å²) in [6.07, 6.45) is 3.04. The summed E-state index contributed by atoms with van der Waals surface area (Å²) in [7, 11) is 0. The fourth-order valence-corrected chi connectivity index (χ4v) is 2.82. The molecular formula is C13H21N3O4. The Kier molecular flexibility index (Phi) is 4.46. The minimum absolute atomic E-state index is 0.0229. The summed E-state index contributed by atoms with van der Waals surface area (Å²) in [5.74, 6) is -0.920. The maximum Gasteiger partial charge on any atom is 0.328 e. The van der Waals surface area contributed by atoms with Gasteiger partial charge in [-0.2, -0.15) is 0 Å². The first-order valence-corrected chi connectivity index (χ1v) is 7.08. The van der Waals surface area contributed by atoms with Crippen LogP contribution in [0.25, 0.3) is 0 Å². The molecule has 0 spiro atoms. The van der Waals surface area contributed by atoms with Crippen molar-refractivity contribution in [3.63, 3.8) is 0 Å². The minimum Gasteiger partial charge on any atom is -0.480 e. The van der Waals surface area contributed by atoms with E-state index in [4.69, 9.17) is 0 Å². The van der Waals surface area contributed by atoms with E-state index in [0.29, 0.717) is 19.0 Å². The summed E-state index contributed by atoms with van der Waals surface area (Å²) in [4.78, 5) is 38.0. The molecule has 0 bridgehead atoms. The van der Waals surface area contributed by atoms with Crippen molar-refractivity contribution in [2.45, 2.75) is 32.2 Å². The minimum atomic E-state index is -1.08. The van der Waals surface area contributed by atoms with Gasteiger partial charge in [0, 0.05) is 19.6 Å². The molecule has 2 N–H and O–H groups in total. The first-order valence-electron chi connectivity index (χ1n) is 7.08. The van der Waals surface area contributed by atoms with Crippen LogP contribution < -0.4 is 5.32 Å². The average molecular weight is 283 g/mol. The lowest BCUT2D eigenvalue weighted by Gasteiger charge is -2.39. The smallest absolute Gasteiger partial charge is 0.328 e. The topological polar surface area (TPSA) is 90.0 Å². The van der Waals surface area contributed by atoms with Crippen LogP contribution in [0, 0.1) is 5.92 Å². The number of aliphatic carboxylic acids is 1. The molecule has 0 aromatic carbocycles. The predicted octanol–water partition coefficient (Wildman–Crippen LogP) is 0.113. The lowest BCUT2D eigenvalue weighted by Crippen LogP contribution is -2.62. The van der Waals surface area contributed by atoms with Crippen molar-refractivity contribution in [2.24, 2.45) is 5.92 Å². The van der Waals surface area contributed by atoms with Gasteiger partial charge in [0.05, 0.1) is 0 Å². The molecule has 7 heteroatoms. The molecule has 2 rings (SSSR count). The van der Waals surface area contributed by atoms with Gasteiger partial charge < -0.3 is 15.3 Å². The Bertz CT molecular complexity index is 412. The summed E-state index contributed by atoms with van der Waals surface area (Å²) in [6.45, 7) is 3.18. The Hall–Kier alpha value is -1.79. The van der Waals surface area contributed by atoms with Gasteiger partial charge >= 0.3 is 12.0 Å². The highest BCUT2D eigenvalue weighted by Crippen LogP contribution is 2.21. The van der Waals surface area contributed by atoms with E-state index in [-0.39, 0.29) is 25.0 Å². The maximum atomic E-state index is 12.5. The molecule has 2 saturated heterocycles. The number of hydrogen-bond donors (Lipinski definition) is 2. The van der Waals surface area contributed by atoms with E-state index in [1.165, 1.54) is 4.90 Å². The lowest BCUT2D eigenvalue weighted by atomic mass is 9.96. The molecule has 20 heavy (non-hydrogen) atoms. The quantitative estimate of drug-likeness (QED) is 0.753. The van der Waals surface area contributed by atoms with Crippen LogP contribution in [0.5, 0.6) is 0 Å². The molecule has 2 aliphatic heterocycles. The number of hydrogen-bond acceptors (Lipinski definition) is 3. The molecule has 0 saturated carbocycles. The molecule has 2 atom stereocenters. The molecule has 0 radical (unpaired) electrons. The molecule has 2 fully saturated rings. The van der Waals surface area contributed by atoms with Gasteiger partial charge in [0.1, 0.15) is 12.6 Å². The van der Waals surface area contributed by atoms with Crippen LogP contribution in [0.1, 0.15) is 26.2 Å². The Morgan fingerprint density at radius 3 is 2.85 bits per heavy atom. The first kappa shape index (κ1) is 14.6. The number of likely N-dealkylation sites (tertiary alicyclic amines) is 1. The van der Waals surface area contributed by atoms with Crippen molar-refractivity contribution >= 4 is 17.9 Å². The zero-order valence-corrected chi connectivity index (χ0v) is 11.7. The average Bonchev–Trinajstić information content (AvgIpc) is 2.46. The molecule has 3 amide bonds. The van der Waals surface area contributed by atoms with Crippen LogP contribution in [0.4, 0.5) is 4.79 Å². The molecule has 0 aliphatic carbocycles. The van der Waals surface area contributed by atoms with Crippen molar-refractivity contribution in [3.8, 4) is 0 Å². The normalized spacial score (nSPS) is 27.1. The van der Waals surface area contributed by atoms with Crippen LogP contribution in [0.15, 0.2) is 0 Å². The Labute approximate surface area is 117 Å². The van der Waals surface area contributed by atoms with Gasteiger partial charge in [-0.25, -0.2) is 9.59 Å². The van der Waals surface area contributed by atoms with Gasteiger partial charge in [-0.05, 0) is 18.8 Å². The summed E-state index contributed by atoms with van der Waals surface area (Å²) in [5, 5.41) is 11.7. The molecule has 2 heterocycles. The zero-order chi connectivity index (χ0) is 14.7. The fourth-order valence-electron chi connectivity index (χ4n) is 2.82. The van der Waals surface area contributed by atoms with Crippen LogP contribution in [0.2, 0.25) is 0 Å². The third kappa shape index (κ3) is 3.02. The number of urea groups is 1. The van der Waals surface area contributed by atoms with E-state index >= 15 is 0 Å². The first-order chi connectivity index (χ1) is 9.52. The van der Waals surface area contributed by atoms with Crippen LogP contribution in [-0.4, -0.2) is 65.0 Å². The van der Waals surface area contributed by atoms with E-state index in [1.807, 2.05) is 0 Å². The highest BCUT2D eigenvalue weighted by molar-refractivity contribution is 5.90. The summed E-state index contributed by atoms with van der Waals surface area (Å²) < 4.78 is 0. The summed E-state index contributed by atoms with van der Waals surface area (Å²) >= 11 is 0. The number of amides is 3. The molecular weight excluding hydrogens is 262 g/mol. The lowest BCUT2D eigenvalue weighted by molar-refractivity contribution is -0.144. The second-order valence-corrected chi connectivity index (χ2v) is 5.43. The second kappa shape index (κ2) is 6.11. The van der Waals surface area contributed by atoms with Crippen molar-refractivity contribution in [1.82, 2.24) is 15.1 Å². The van der Waals surface area contributed by atoms with Crippen LogP contribution in [0.3, 0.4) is 0 Å². The molecule has 112 valence electrons. The summed E-state index contributed by atoms with van der Waals surface area (Å²) in [5.41, 5.74) is 0. The Balaban J connectivity index is 2.08. The van der Waals surface area contributed by atoms with Gasteiger partial charge in [-0.1, -0.05) is 13.3 Å². The number of carboxylic acid groups (broad SMARTS) is 1. The van der Waals surface area contributed by atoms with Gasteiger partial charge in [-0.3, -0.25) is 9.69 Å². The molecule has 2 unspecified atom stereocenters. The predicted molar refractivity (Wildman–Crippen MR) is 71.1 cm³/mol. The third-order valence-electron chi connectivity index (χ3n) is 4.08. The van der Waals surface area contributed by atoms with Crippen molar-refractivity contribution in [2.75, 3.05) is 26.2 Å². The number of carbonyl (C=O) groups excluding carboxylic acids is 2. The number of rotatable bonds is 2. The largest absolute Gasteiger partial charge is 0.480 e. The van der Waals surface area contributed by atoms with Crippen LogP contribution >= 0.6 is 0 Å². The van der Waals surface area contributed by atoms with Gasteiger partial charge in [0.15, 0.2) is 0 Å². The van der Waals surface area contributed by atoms with Crippen molar-refractivity contribution in [1.29, 1.82) is 0 Å². The Morgan fingerprint density at radius 1 is 1.45 bits per heavy atom. The summed E-state index contributed by atoms with van der Waals surface area (Å²) in [6, 6.07) is -1.30. The Morgan fingerprint density at radius 2 is 2.20 bits per heavy atom. The van der Waals surface area contributed by atoms with Crippen LogP contribution in [-0.2, 0) is 9.59 Å². The van der Waals surface area contributed by atoms with E-state index in [0.717, 1.165) is 19.3 Å². The number of piperazine rings is 1. The SMILES string of the molecule is CCC1CCCN(C(=O)N2CC(=O)NCC2C(=O)O)C1. The van der Waals surface area contributed by atoms with Gasteiger partial charge in [0.25, 0.3) is 0 Å². The highest BCUT2D eigenvalue weighted by Gasteiger charge is 2.38. The fraction of sp³-hybridized carbons (Fsp3) is 0.769. The molecule has 7 nitrogen and oxygen atoms in total.